The summed E-state index contributed by atoms with van der Waals surface area (Å²) in [7, 11) is 0. The SMILES string of the molecule is CCC(C)(N)COc1cccc2nccn12. The van der Waals surface area contributed by atoms with Gasteiger partial charge in [-0.25, -0.2) is 4.98 Å². The summed E-state index contributed by atoms with van der Waals surface area (Å²) in [6.07, 6.45) is 4.51. The molecule has 0 spiro atoms. The molecule has 0 amide bonds. The van der Waals surface area contributed by atoms with Crippen molar-refractivity contribution in [2.75, 3.05) is 6.61 Å². The maximum absolute atomic E-state index is 6.03. The fourth-order valence-corrected chi connectivity index (χ4v) is 1.38. The van der Waals surface area contributed by atoms with Crippen LogP contribution in [0.3, 0.4) is 0 Å². The van der Waals surface area contributed by atoms with E-state index in [2.05, 4.69) is 11.9 Å². The lowest BCUT2D eigenvalue weighted by atomic mass is 10.0. The van der Waals surface area contributed by atoms with Crippen molar-refractivity contribution in [2.45, 2.75) is 25.8 Å². The summed E-state index contributed by atoms with van der Waals surface area (Å²) in [5.74, 6) is 0.778. The van der Waals surface area contributed by atoms with Gasteiger partial charge < -0.3 is 10.5 Å². The fourth-order valence-electron chi connectivity index (χ4n) is 1.38. The molecule has 0 saturated carbocycles. The van der Waals surface area contributed by atoms with Gasteiger partial charge in [0.1, 0.15) is 12.3 Å². The van der Waals surface area contributed by atoms with Gasteiger partial charge in [-0.1, -0.05) is 13.0 Å². The highest BCUT2D eigenvalue weighted by Gasteiger charge is 2.17. The third-order valence-corrected chi connectivity index (χ3v) is 2.75. The van der Waals surface area contributed by atoms with Crippen molar-refractivity contribution in [1.82, 2.24) is 9.38 Å². The van der Waals surface area contributed by atoms with Crippen LogP contribution in [0.25, 0.3) is 5.65 Å². The minimum absolute atomic E-state index is 0.289. The Bertz CT molecular complexity index is 476. The van der Waals surface area contributed by atoms with Gasteiger partial charge in [0, 0.05) is 17.9 Å². The van der Waals surface area contributed by atoms with E-state index in [-0.39, 0.29) is 5.54 Å². The lowest BCUT2D eigenvalue weighted by Crippen LogP contribution is -2.41. The van der Waals surface area contributed by atoms with E-state index in [0.717, 1.165) is 17.9 Å². The second-order valence-electron chi connectivity index (χ2n) is 4.32. The first-order valence-electron chi connectivity index (χ1n) is 5.46. The number of nitrogens with two attached hydrogens (primary N) is 1. The van der Waals surface area contributed by atoms with Crippen LogP contribution in [0.5, 0.6) is 5.88 Å². The zero-order chi connectivity index (χ0) is 11.6. The first-order valence-corrected chi connectivity index (χ1v) is 5.46. The lowest BCUT2D eigenvalue weighted by molar-refractivity contribution is 0.216. The molecule has 2 rings (SSSR count). The maximum atomic E-state index is 6.03. The summed E-state index contributed by atoms with van der Waals surface area (Å²) < 4.78 is 7.64. The Hall–Kier alpha value is -1.55. The van der Waals surface area contributed by atoms with E-state index < -0.39 is 0 Å². The fraction of sp³-hybridized carbons (Fsp3) is 0.417. The highest BCUT2D eigenvalue weighted by atomic mass is 16.5. The molecule has 2 N–H and O–H groups in total. The molecule has 0 aliphatic rings. The highest BCUT2D eigenvalue weighted by molar-refractivity contribution is 5.41. The van der Waals surface area contributed by atoms with Crippen LogP contribution in [0.2, 0.25) is 0 Å². The van der Waals surface area contributed by atoms with Crippen LogP contribution >= 0.6 is 0 Å². The molecule has 0 bridgehead atoms. The van der Waals surface area contributed by atoms with Gasteiger partial charge in [-0.05, 0) is 25.5 Å². The van der Waals surface area contributed by atoms with Crippen molar-refractivity contribution in [2.24, 2.45) is 5.73 Å². The Kier molecular flexibility index (Phi) is 2.83. The molecule has 2 aromatic rings. The number of fused-ring (bicyclic) bond motifs is 1. The maximum Gasteiger partial charge on any atom is 0.199 e. The van der Waals surface area contributed by atoms with Crippen molar-refractivity contribution in [1.29, 1.82) is 0 Å². The van der Waals surface area contributed by atoms with Gasteiger partial charge >= 0.3 is 0 Å². The van der Waals surface area contributed by atoms with Crippen LogP contribution in [0.4, 0.5) is 0 Å². The highest BCUT2D eigenvalue weighted by Crippen LogP contribution is 2.15. The summed E-state index contributed by atoms with van der Waals surface area (Å²) in [5, 5.41) is 0. The Morgan fingerprint density at radius 3 is 3.06 bits per heavy atom. The van der Waals surface area contributed by atoms with Crippen molar-refractivity contribution in [3.63, 3.8) is 0 Å². The quantitative estimate of drug-likeness (QED) is 0.853. The van der Waals surface area contributed by atoms with Gasteiger partial charge in [0.15, 0.2) is 5.88 Å². The van der Waals surface area contributed by atoms with Crippen molar-refractivity contribution in [3.05, 3.63) is 30.6 Å². The van der Waals surface area contributed by atoms with E-state index in [1.807, 2.05) is 35.7 Å². The normalized spacial score (nSPS) is 14.9. The second kappa shape index (κ2) is 4.14. The average molecular weight is 219 g/mol. The predicted octanol–water partition coefficient (Wildman–Crippen LogP) is 1.84. The van der Waals surface area contributed by atoms with E-state index in [9.17, 15) is 0 Å². The third-order valence-electron chi connectivity index (χ3n) is 2.75. The van der Waals surface area contributed by atoms with E-state index in [4.69, 9.17) is 10.5 Å². The molecule has 0 aromatic carbocycles. The second-order valence-corrected chi connectivity index (χ2v) is 4.32. The number of pyridine rings is 1. The van der Waals surface area contributed by atoms with E-state index in [0.29, 0.717) is 6.61 Å². The molecule has 4 heteroatoms. The standard InChI is InChI=1S/C12H17N3O/c1-3-12(2,13)9-16-11-6-4-5-10-14-7-8-15(10)11/h4-8H,3,9,13H2,1-2H3. The largest absolute Gasteiger partial charge is 0.477 e. The molecule has 0 aliphatic heterocycles. The smallest absolute Gasteiger partial charge is 0.199 e. The van der Waals surface area contributed by atoms with Gasteiger partial charge in [0.2, 0.25) is 0 Å². The minimum atomic E-state index is -0.289. The zero-order valence-electron chi connectivity index (χ0n) is 9.68. The van der Waals surface area contributed by atoms with Crippen molar-refractivity contribution in [3.8, 4) is 5.88 Å². The summed E-state index contributed by atoms with van der Waals surface area (Å²) in [4.78, 5) is 4.20. The minimum Gasteiger partial charge on any atom is -0.477 e. The molecule has 2 heterocycles. The van der Waals surface area contributed by atoms with Gasteiger partial charge in [0.25, 0.3) is 0 Å². The molecule has 1 atom stereocenters. The number of aromatic nitrogens is 2. The Balaban J connectivity index is 2.18. The van der Waals surface area contributed by atoms with E-state index in [1.54, 1.807) is 6.20 Å². The number of imidazole rings is 1. The van der Waals surface area contributed by atoms with Crippen LogP contribution < -0.4 is 10.5 Å². The van der Waals surface area contributed by atoms with Crippen LogP contribution in [0, 0.1) is 0 Å². The molecule has 86 valence electrons. The Labute approximate surface area is 95.0 Å². The molecular weight excluding hydrogens is 202 g/mol. The molecule has 0 fully saturated rings. The van der Waals surface area contributed by atoms with Gasteiger partial charge in [-0.2, -0.15) is 0 Å². The monoisotopic (exact) mass is 219 g/mol. The van der Waals surface area contributed by atoms with E-state index in [1.165, 1.54) is 0 Å². The summed E-state index contributed by atoms with van der Waals surface area (Å²) >= 11 is 0. The van der Waals surface area contributed by atoms with Gasteiger partial charge in [-0.3, -0.25) is 4.40 Å². The first-order chi connectivity index (χ1) is 7.62. The van der Waals surface area contributed by atoms with Crippen LogP contribution in [-0.4, -0.2) is 21.5 Å². The predicted molar refractivity (Wildman–Crippen MR) is 63.6 cm³/mol. The Morgan fingerprint density at radius 2 is 2.31 bits per heavy atom. The average Bonchev–Trinajstić information content (AvgIpc) is 2.75. The molecule has 0 radical (unpaired) electrons. The van der Waals surface area contributed by atoms with E-state index >= 15 is 0 Å². The molecule has 4 nitrogen and oxygen atoms in total. The van der Waals surface area contributed by atoms with Crippen LogP contribution in [0.1, 0.15) is 20.3 Å². The first kappa shape index (κ1) is 11.0. The molecule has 2 aromatic heterocycles. The van der Waals surface area contributed by atoms with Gasteiger partial charge in [0.05, 0.1) is 0 Å². The Morgan fingerprint density at radius 1 is 1.50 bits per heavy atom. The topological polar surface area (TPSA) is 52.5 Å². The third kappa shape index (κ3) is 2.17. The molecule has 0 aliphatic carbocycles. The summed E-state index contributed by atoms with van der Waals surface area (Å²) in [6, 6.07) is 5.78. The number of rotatable bonds is 4. The van der Waals surface area contributed by atoms with Crippen molar-refractivity contribution < 1.29 is 4.74 Å². The molecular formula is C12H17N3O. The van der Waals surface area contributed by atoms with Crippen molar-refractivity contribution >= 4 is 5.65 Å². The molecule has 16 heavy (non-hydrogen) atoms. The molecule has 0 saturated heterocycles. The zero-order valence-corrected chi connectivity index (χ0v) is 9.68. The summed E-state index contributed by atoms with van der Waals surface area (Å²) in [5.41, 5.74) is 6.63. The summed E-state index contributed by atoms with van der Waals surface area (Å²) in [6.45, 7) is 4.54. The van der Waals surface area contributed by atoms with Gasteiger partial charge in [-0.15, -0.1) is 0 Å². The van der Waals surface area contributed by atoms with Crippen LogP contribution in [0.15, 0.2) is 30.6 Å². The lowest BCUT2D eigenvalue weighted by Gasteiger charge is -2.22. The van der Waals surface area contributed by atoms with Crippen LogP contribution in [-0.2, 0) is 0 Å². The number of hydrogen-bond donors (Lipinski definition) is 1. The molecule has 1 unspecified atom stereocenters. The number of ether oxygens (including phenoxy) is 1. The number of nitrogens with zero attached hydrogens (tertiary/aromatic N) is 2. The number of hydrogen-bond acceptors (Lipinski definition) is 3.